The highest BCUT2D eigenvalue weighted by atomic mass is 19.4. The summed E-state index contributed by atoms with van der Waals surface area (Å²) in [5.41, 5.74) is 5.60. The predicted molar refractivity (Wildman–Crippen MR) is 49.0 cm³/mol. The van der Waals surface area contributed by atoms with Gasteiger partial charge >= 0.3 is 6.18 Å². The Bertz CT molecular complexity index is 242. The number of carbonyl (C=O) groups excluding carboxylic acids is 1. The molecule has 1 rings (SSSR count). The van der Waals surface area contributed by atoms with Gasteiger partial charge in [0.15, 0.2) is 0 Å². The summed E-state index contributed by atoms with van der Waals surface area (Å²) in [6.45, 7) is 1.51. The summed E-state index contributed by atoms with van der Waals surface area (Å²) in [6.07, 6.45) is -3.01. The highest BCUT2D eigenvalue weighted by molar-refractivity contribution is 5.79. The van der Waals surface area contributed by atoms with Gasteiger partial charge in [0, 0.05) is 19.1 Å². The number of nitrogens with two attached hydrogens (primary N) is 1. The molecular formula is C9H15F3N2O. The van der Waals surface area contributed by atoms with E-state index in [0.717, 1.165) is 13.3 Å². The van der Waals surface area contributed by atoms with Gasteiger partial charge in [-0.2, -0.15) is 13.2 Å². The number of rotatable bonds is 1. The lowest BCUT2D eigenvalue weighted by Crippen LogP contribution is -2.49. The summed E-state index contributed by atoms with van der Waals surface area (Å²) in [5, 5.41) is 0. The maximum atomic E-state index is 12.3. The molecule has 1 amide bonds. The summed E-state index contributed by atoms with van der Waals surface area (Å²) in [4.78, 5) is 12.7. The van der Waals surface area contributed by atoms with Crippen molar-refractivity contribution in [1.29, 1.82) is 0 Å². The first-order valence-corrected chi connectivity index (χ1v) is 4.93. The molecule has 6 heteroatoms. The van der Waals surface area contributed by atoms with E-state index in [9.17, 15) is 18.0 Å². The minimum absolute atomic E-state index is 0.192. The molecule has 88 valence electrons. The molecule has 0 aromatic heterocycles. The molecule has 1 heterocycles. The Morgan fingerprint density at radius 3 is 2.60 bits per heavy atom. The second-order valence-electron chi connectivity index (χ2n) is 3.95. The van der Waals surface area contributed by atoms with Crippen LogP contribution in [0.5, 0.6) is 0 Å². The zero-order valence-electron chi connectivity index (χ0n) is 8.55. The molecular weight excluding hydrogens is 209 g/mol. The average molecular weight is 224 g/mol. The first-order valence-electron chi connectivity index (χ1n) is 4.93. The first kappa shape index (κ1) is 12.3. The Balaban J connectivity index is 2.60. The second kappa shape index (κ2) is 4.38. The van der Waals surface area contributed by atoms with Gasteiger partial charge in [-0.1, -0.05) is 0 Å². The molecule has 0 radical (unpaired) electrons. The van der Waals surface area contributed by atoms with Crippen LogP contribution >= 0.6 is 0 Å². The number of piperidine rings is 1. The third-order valence-electron chi connectivity index (χ3n) is 2.63. The van der Waals surface area contributed by atoms with Gasteiger partial charge in [-0.15, -0.1) is 0 Å². The van der Waals surface area contributed by atoms with E-state index in [1.807, 2.05) is 0 Å². The minimum Gasteiger partial charge on any atom is -0.341 e. The van der Waals surface area contributed by atoms with Gasteiger partial charge in [-0.05, 0) is 19.8 Å². The van der Waals surface area contributed by atoms with E-state index >= 15 is 0 Å². The fraction of sp³-hybridized carbons (Fsp3) is 0.889. The van der Waals surface area contributed by atoms with Gasteiger partial charge in [0.25, 0.3) is 0 Å². The molecule has 0 aliphatic carbocycles. The monoisotopic (exact) mass is 224 g/mol. The molecule has 0 saturated carbocycles. The fourth-order valence-corrected chi connectivity index (χ4v) is 1.62. The third-order valence-corrected chi connectivity index (χ3v) is 2.63. The van der Waals surface area contributed by atoms with Crippen LogP contribution in [0.15, 0.2) is 0 Å². The molecule has 0 aromatic carbocycles. The number of hydrogen-bond donors (Lipinski definition) is 1. The lowest BCUT2D eigenvalue weighted by molar-refractivity contribution is -0.186. The molecule has 1 saturated heterocycles. The van der Waals surface area contributed by atoms with Crippen LogP contribution in [-0.4, -0.2) is 36.1 Å². The molecule has 0 aromatic rings. The van der Waals surface area contributed by atoms with Crippen molar-refractivity contribution in [2.75, 3.05) is 13.1 Å². The number of likely N-dealkylation sites (tertiary alicyclic amines) is 1. The van der Waals surface area contributed by atoms with Gasteiger partial charge < -0.3 is 10.6 Å². The van der Waals surface area contributed by atoms with Gasteiger partial charge in [0.2, 0.25) is 5.91 Å². The van der Waals surface area contributed by atoms with Crippen LogP contribution in [-0.2, 0) is 4.79 Å². The van der Waals surface area contributed by atoms with Crippen molar-refractivity contribution in [1.82, 2.24) is 4.90 Å². The Labute approximate surface area is 86.4 Å². The van der Waals surface area contributed by atoms with Crippen LogP contribution in [0.4, 0.5) is 13.2 Å². The van der Waals surface area contributed by atoms with Crippen molar-refractivity contribution in [3.05, 3.63) is 0 Å². The van der Waals surface area contributed by atoms with E-state index in [1.165, 1.54) is 4.90 Å². The number of alkyl halides is 3. The predicted octanol–water partition coefficient (Wildman–Crippen LogP) is 1.13. The van der Waals surface area contributed by atoms with Crippen LogP contribution in [0.1, 0.15) is 19.8 Å². The highest BCUT2D eigenvalue weighted by Crippen LogP contribution is 2.28. The van der Waals surface area contributed by atoms with E-state index < -0.39 is 18.0 Å². The van der Waals surface area contributed by atoms with Crippen molar-refractivity contribution in [3.63, 3.8) is 0 Å². The molecule has 1 aliphatic rings. The van der Waals surface area contributed by atoms with E-state index in [2.05, 4.69) is 0 Å². The Hall–Kier alpha value is -0.780. The molecule has 2 atom stereocenters. The lowest BCUT2D eigenvalue weighted by Gasteiger charge is -2.33. The van der Waals surface area contributed by atoms with Gasteiger partial charge in [0.05, 0.1) is 0 Å². The van der Waals surface area contributed by atoms with Gasteiger partial charge in [-0.25, -0.2) is 0 Å². The SMILES string of the molecule is CC(C(=O)N1CCCC(N)C1)C(F)(F)F. The molecule has 3 nitrogen and oxygen atoms in total. The highest BCUT2D eigenvalue weighted by Gasteiger charge is 2.43. The van der Waals surface area contributed by atoms with E-state index in [4.69, 9.17) is 5.73 Å². The van der Waals surface area contributed by atoms with E-state index in [-0.39, 0.29) is 12.6 Å². The number of hydrogen-bond acceptors (Lipinski definition) is 2. The molecule has 0 bridgehead atoms. The summed E-state index contributed by atoms with van der Waals surface area (Å²) in [5.74, 6) is -2.79. The summed E-state index contributed by atoms with van der Waals surface area (Å²) in [6, 6.07) is -0.192. The van der Waals surface area contributed by atoms with Crippen LogP contribution in [0.25, 0.3) is 0 Å². The average Bonchev–Trinajstić information content (AvgIpc) is 2.14. The van der Waals surface area contributed by atoms with E-state index in [0.29, 0.717) is 13.0 Å². The van der Waals surface area contributed by atoms with Crippen molar-refractivity contribution >= 4 is 5.91 Å². The quantitative estimate of drug-likeness (QED) is 0.725. The maximum absolute atomic E-state index is 12.3. The number of carbonyl (C=O) groups is 1. The molecule has 0 spiro atoms. The largest absolute Gasteiger partial charge is 0.400 e. The number of halogens is 3. The normalized spacial score (nSPS) is 25.1. The molecule has 2 N–H and O–H groups in total. The number of amides is 1. The number of nitrogens with zero attached hydrogens (tertiary/aromatic N) is 1. The maximum Gasteiger partial charge on any atom is 0.400 e. The van der Waals surface area contributed by atoms with Crippen molar-refractivity contribution < 1.29 is 18.0 Å². The van der Waals surface area contributed by atoms with Crippen molar-refractivity contribution in [2.24, 2.45) is 11.7 Å². The minimum atomic E-state index is -4.46. The van der Waals surface area contributed by atoms with Gasteiger partial charge in [-0.3, -0.25) is 4.79 Å². The van der Waals surface area contributed by atoms with E-state index in [1.54, 1.807) is 0 Å². The standard InChI is InChI=1S/C9H15F3N2O/c1-6(9(10,11)12)8(15)14-4-2-3-7(13)5-14/h6-7H,2-5,13H2,1H3. The van der Waals surface area contributed by atoms with Crippen LogP contribution in [0.3, 0.4) is 0 Å². The zero-order chi connectivity index (χ0) is 11.6. The van der Waals surface area contributed by atoms with Crippen LogP contribution in [0.2, 0.25) is 0 Å². The van der Waals surface area contributed by atoms with Crippen LogP contribution in [0, 0.1) is 5.92 Å². The summed E-state index contributed by atoms with van der Waals surface area (Å²) < 4.78 is 36.8. The first-order chi connectivity index (χ1) is 6.82. The lowest BCUT2D eigenvalue weighted by atomic mass is 10.0. The second-order valence-corrected chi connectivity index (χ2v) is 3.95. The summed E-state index contributed by atoms with van der Waals surface area (Å²) >= 11 is 0. The molecule has 1 fully saturated rings. The van der Waals surface area contributed by atoms with Gasteiger partial charge in [0.1, 0.15) is 5.92 Å². The van der Waals surface area contributed by atoms with Crippen molar-refractivity contribution in [2.45, 2.75) is 32.0 Å². The molecule has 1 aliphatic heterocycles. The van der Waals surface area contributed by atoms with Crippen molar-refractivity contribution in [3.8, 4) is 0 Å². The Morgan fingerprint density at radius 1 is 1.53 bits per heavy atom. The van der Waals surface area contributed by atoms with Crippen LogP contribution < -0.4 is 5.73 Å². The topological polar surface area (TPSA) is 46.3 Å². The fourth-order valence-electron chi connectivity index (χ4n) is 1.62. The Morgan fingerprint density at radius 2 is 2.13 bits per heavy atom. The molecule has 2 unspecified atom stereocenters. The molecule has 15 heavy (non-hydrogen) atoms. The third kappa shape index (κ3) is 3.09. The summed E-state index contributed by atoms with van der Waals surface area (Å²) in [7, 11) is 0. The zero-order valence-corrected chi connectivity index (χ0v) is 8.55. The smallest absolute Gasteiger partial charge is 0.341 e. The Kier molecular flexibility index (Phi) is 3.59.